The number of ether oxygens (including phenoxy) is 2. The number of amides is 1. The lowest BCUT2D eigenvalue weighted by molar-refractivity contribution is -0.268. The summed E-state index contributed by atoms with van der Waals surface area (Å²) >= 11 is 1.53. The number of aliphatic carboxylic acids is 1. The molecule has 3 N–H and O–H groups in total. The van der Waals surface area contributed by atoms with Crippen molar-refractivity contribution in [1.82, 2.24) is 25.5 Å². The molecule has 5 rings (SSSR count). The van der Waals surface area contributed by atoms with Crippen LogP contribution in [0.4, 0.5) is 0 Å². The normalized spacial score (nSPS) is 19.9. The number of thioether (sulfide) groups is 1. The average molecular weight is 618 g/mol. The predicted octanol–water partition coefficient (Wildman–Crippen LogP) is 4.43. The second-order valence-corrected chi connectivity index (χ2v) is 11.7. The molecule has 11 nitrogen and oxygen atoms in total. The lowest BCUT2D eigenvalue weighted by atomic mass is 9.91. The van der Waals surface area contributed by atoms with Crippen LogP contribution in [0.25, 0.3) is 11.1 Å². The maximum atomic E-state index is 12.1. The Labute approximate surface area is 259 Å². The van der Waals surface area contributed by atoms with Crippen LogP contribution >= 0.6 is 11.8 Å². The van der Waals surface area contributed by atoms with Gasteiger partial charge in [0.25, 0.3) is 0 Å². The third kappa shape index (κ3) is 7.69. The van der Waals surface area contributed by atoms with Gasteiger partial charge in [0, 0.05) is 37.2 Å². The van der Waals surface area contributed by atoms with E-state index in [2.05, 4.69) is 27.8 Å². The van der Waals surface area contributed by atoms with Gasteiger partial charge < -0.3 is 25.0 Å². The van der Waals surface area contributed by atoms with Crippen LogP contribution in [0.1, 0.15) is 54.4 Å². The van der Waals surface area contributed by atoms with Crippen molar-refractivity contribution in [2.24, 2.45) is 13.0 Å². The minimum atomic E-state index is -1.00. The Hall–Kier alpha value is -4.10. The number of rotatable bonds is 12. The minimum Gasteiger partial charge on any atom is -0.481 e. The zero-order valence-corrected chi connectivity index (χ0v) is 25.3. The number of nitrogens with zero attached hydrogens (tertiary/aromatic N) is 4. The molecule has 4 unspecified atom stereocenters. The molecule has 1 fully saturated rings. The van der Waals surface area contributed by atoms with Gasteiger partial charge in [-0.2, -0.15) is 0 Å². The second-order valence-electron chi connectivity index (χ2n) is 10.7. The van der Waals surface area contributed by atoms with Crippen LogP contribution in [0.3, 0.4) is 0 Å². The molecule has 3 aromatic carbocycles. The number of aromatic nitrogens is 4. The van der Waals surface area contributed by atoms with Gasteiger partial charge >= 0.3 is 5.97 Å². The van der Waals surface area contributed by atoms with Crippen LogP contribution in [-0.4, -0.2) is 54.2 Å². The van der Waals surface area contributed by atoms with E-state index in [0.29, 0.717) is 17.5 Å². The van der Waals surface area contributed by atoms with Crippen molar-refractivity contribution in [2.45, 2.75) is 56.6 Å². The lowest BCUT2D eigenvalue weighted by Gasteiger charge is -2.41. The summed E-state index contributed by atoms with van der Waals surface area (Å²) in [5.41, 5.74) is 5.56. The quantitative estimate of drug-likeness (QED) is 0.195. The van der Waals surface area contributed by atoms with Crippen molar-refractivity contribution >= 4 is 23.6 Å². The first-order chi connectivity index (χ1) is 21.3. The first-order valence-electron chi connectivity index (χ1n) is 14.3. The number of hydrogen-bond acceptors (Lipinski definition) is 9. The Balaban J connectivity index is 1.34. The van der Waals surface area contributed by atoms with Crippen molar-refractivity contribution in [3.8, 4) is 11.1 Å². The van der Waals surface area contributed by atoms with Crippen LogP contribution in [0, 0.1) is 5.92 Å². The molecule has 1 aliphatic heterocycles. The maximum absolute atomic E-state index is 12.1. The van der Waals surface area contributed by atoms with E-state index in [4.69, 9.17) is 14.6 Å². The molecule has 230 valence electrons. The zero-order valence-electron chi connectivity index (χ0n) is 24.5. The molecule has 0 bridgehead atoms. The highest BCUT2D eigenvalue weighted by Gasteiger charge is 2.38. The van der Waals surface area contributed by atoms with Gasteiger partial charge in [-0.15, -0.1) is 5.10 Å². The molecule has 0 radical (unpaired) electrons. The summed E-state index contributed by atoms with van der Waals surface area (Å²) < 4.78 is 14.8. The van der Waals surface area contributed by atoms with Gasteiger partial charge in [-0.1, -0.05) is 91.5 Å². The molecule has 0 spiro atoms. The molecule has 1 aromatic heterocycles. The highest BCUT2D eigenvalue weighted by Crippen LogP contribution is 2.43. The van der Waals surface area contributed by atoms with Crippen molar-refractivity contribution in [2.75, 3.05) is 5.75 Å². The van der Waals surface area contributed by atoms with Gasteiger partial charge in [-0.05, 0) is 38.2 Å². The SMILES string of the molecule is CC1C(CSc2nnnn2C)OC(c2ccc(-c3ccccc3CNC(=O)CCC(=O)O)cc2)OC1c1ccc(CO)cc1. The Morgan fingerprint density at radius 3 is 2.39 bits per heavy atom. The van der Waals surface area contributed by atoms with Gasteiger partial charge in [0.1, 0.15) is 0 Å². The summed E-state index contributed by atoms with van der Waals surface area (Å²) in [6.45, 7) is 2.38. The van der Waals surface area contributed by atoms with Crippen LogP contribution in [0.15, 0.2) is 78.0 Å². The Morgan fingerprint density at radius 2 is 1.70 bits per heavy atom. The van der Waals surface area contributed by atoms with E-state index in [1.54, 1.807) is 11.7 Å². The fourth-order valence-corrected chi connectivity index (χ4v) is 6.10. The van der Waals surface area contributed by atoms with Gasteiger partial charge in [0.15, 0.2) is 6.29 Å². The van der Waals surface area contributed by atoms with E-state index >= 15 is 0 Å². The number of aryl methyl sites for hydroxylation is 1. The molecule has 12 heteroatoms. The second kappa shape index (κ2) is 14.6. The molecule has 1 amide bonds. The fourth-order valence-electron chi connectivity index (χ4n) is 5.09. The molecule has 4 atom stereocenters. The van der Waals surface area contributed by atoms with Crippen molar-refractivity contribution in [1.29, 1.82) is 0 Å². The largest absolute Gasteiger partial charge is 0.481 e. The van der Waals surface area contributed by atoms with Crippen LogP contribution in [0.5, 0.6) is 0 Å². The molecular weight excluding hydrogens is 582 g/mol. The number of carbonyl (C=O) groups is 2. The van der Waals surface area contributed by atoms with Crippen molar-refractivity contribution in [3.05, 3.63) is 95.1 Å². The third-order valence-electron chi connectivity index (χ3n) is 7.63. The molecule has 0 saturated carbocycles. The van der Waals surface area contributed by atoms with Crippen LogP contribution in [-0.2, 0) is 39.3 Å². The summed E-state index contributed by atoms with van der Waals surface area (Å²) in [6, 6.07) is 23.6. The number of tetrazole rings is 1. The number of benzene rings is 3. The predicted molar refractivity (Wildman–Crippen MR) is 163 cm³/mol. The monoisotopic (exact) mass is 617 g/mol. The Morgan fingerprint density at radius 1 is 0.977 bits per heavy atom. The third-order valence-corrected chi connectivity index (χ3v) is 8.73. The summed E-state index contributed by atoms with van der Waals surface area (Å²) in [5, 5.41) is 33.6. The number of hydrogen-bond donors (Lipinski definition) is 3. The minimum absolute atomic E-state index is 0.0232. The van der Waals surface area contributed by atoms with E-state index < -0.39 is 12.3 Å². The topological polar surface area (TPSA) is 149 Å². The van der Waals surface area contributed by atoms with Gasteiger partial charge in [0.2, 0.25) is 11.1 Å². The van der Waals surface area contributed by atoms with E-state index in [1.807, 2.05) is 72.8 Å². The fraction of sp³-hybridized carbons (Fsp3) is 0.344. The van der Waals surface area contributed by atoms with Crippen LogP contribution < -0.4 is 5.32 Å². The number of aliphatic hydroxyl groups excluding tert-OH is 1. The summed E-state index contributed by atoms with van der Waals surface area (Å²) in [4.78, 5) is 22.9. The van der Waals surface area contributed by atoms with Gasteiger partial charge in [-0.25, -0.2) is 4.68 Å². The van der Waals surface area contributed by atoms with Crippen molar-refractivity contribution in [3.63, 3.8) is 0 Å². The Kier molecular flexibility index (Phi) is 10.4. The smallest absolute Gasteiger partial charge is 0.303 e. The first-order valence-corrected chi connectivity index (χ1v) is 15.3. The number of carbonyl (C=O) groups excluding carboxylic acids is 1. The van der Waals surface area contributed by atoms with E-state index in [1.165, 1.54) is 11.8 Å². The molecule has 1 aliphatic rings. The van der Waals surface area contributed by atoms with Crippen molar-refractivity contribution < 1.29 is 29.3 Å². The molecule has 4 aromatic rings. The van der Waals surface area contributed by atoms with Gasteiger partial charge in [-0.3, -0.25) is 9.59 Å². The maximum Gasteiger partial charge on any atom is 0.303 e. The molecule has 0 aliphatic carbocycles. The highest BCUT2D eigenvalue weighted by molar-refractivity contribution is 7.99. The molecule has 44 heavy (non-hydrogen) atoms. The molecule has 2 heterocycles. The first kappa shape index (κ1) is 31.3. The summed E-state index contributed by atoms with van der Waals surface area (Å²) in [5.74, 6) is -0.650. The summed E-state index contributed by atoms with van der Waals surface area (Å²) in [6.07, 6.45) is -1.29. The average Bonchev–Trinajstić information content (AvgIpc) is 3.46. The zero-order chi connectivity index (χ0) is 31.1. The van der Waals surface area contributed by atoms with Gasteiger partial charge in [0.05, 0.1) is 25.2 Å². The van der Waals surface area contributed by atoms with E-state index in [-0.39, 0.29) is 43.5 Å². The number of nitrogens with one attached hydrogen (secondary N) is 1. The lowest BCUT2D eigenvalue weighted by Crippen LogP contribution is -2.38. The summed E-state index contributed by atoms with van der Waals surface area (Å²) in [7, 11) is 1.80. The highest BCUT2D eigenvalue weighted by atomic mass is 32.2. The number of carboxylic acids is 1. The van der Waals surface area contributed by atoms with E-state index in [0.717, 1.165) is 33.4 Å². The number of carboxylic acid groups (broad SMARTS) is 1. The number of aliphatic hydroxyl groups is 1. The standard InChI is InChI=1S/C32H35N5O6S/c1-20-27(19-44-32-34-35-36-37(32)2)42-31(43-30(20)23-9-7-21(18-38)8-10-23)24-13-11-22(12-14-24)26-6-4-3-5-25(26)17-33-28(39)15-16-29(40)41/h3-14,20,27,30-31,38H,15-19H2,1-2H3,(H,33,39)(H,40,41). The molecular formula is C32H35N5O6S. The molecule has 1 saturated heterocycles. The Bertz CT molecular complexity index is 1560. The van der Waals surface area contributed by atoms with E-state index in [9.17, 15) is 14.7 Å². The van der Waals surface area contributed by atoms with Crippen LogP contribution in [0.2, 0.25) is 0 Å².